The van der Waals surface area contributed by atoms with Gasteiger partial charge in [0.1, 0.15) is 17.7 Å². The van der Waals surface area contributed by atoms with Crippen molar-refractivity contribution in [3.8, 4) is 11.6 Å². The predicted octanol–water partition coefficient (Wildman–Crippen LogP) is 2.78. The van der Waals surface area contributed by atoms with Crippen molar-refractivity contribution in [2.45, 2.75) is 51.0 Å². The molecule has 3 heterocycles. The molecule has 1 saturated heterocycles. The summed E-state index contributed by atoms with van der Waals surface area (Å²) in [6.45, 7) is 1.04. The maximum Gasteiger partial charge on any atom is 0.260 e. The van der Waals surface area contributed by atoms with Crippen LogP contribution in [0, 0.1) is 5.41 Å². The highest BCUT2D eigenvalue weighted by Crippen LogP contribution is 2.54. The van der Waals surface area contributed by atoms with Gasteiger partial charge in [0.05, 0.1) is 30.7 Å². The molecular weight excluding hydrogens is 498 g/mol. The summed E-state index contributed by atoms with van der Waals surface area (Å²) in [5.41, 5.74) is 1.35. The fourth-order valence-corrected chi connectivity index (χ4v) is 5.51. The molecule has 2 saturated carbocycles. The highest BCUT2D eigenvalue weighted by Gasteiger charge is 2.44. The van der Waals surface area contributed by atoms with Gasteiger partial charge in [-0.05, 0) is 62.5 Å². The second kappa shape index (κ2) is 10.3. The third kappa shape index (κ3) is 5.90. The average molecular weight is 532 g/mol. The third-order valence-corrected chi connectivity index (χ3v) is 8.73. The van der Waals surface area contributed by atoms with E-state index in [2.05, 4.69) is 24.9 Å². The van der Waals surface area contributed by atoms with Crippen molar-refractivity contribution >= 4 is 33.3 Å². The summed E-state index contributed by atoms with van der Waals surface area (Å²) in [5, 5.41) is 11.9. The number of aliphatic hydroxyl groups excluding tert-OH is 1. The number of nitrogens with one attached hydrogen (secondary N) is 2. The molecule has 37 heavy (non-hydrogen) atoms. The Bertz CT molecular complexity index is 1250. The van der Waals surface area contributed by atoms with Gasteiger partial charge in [0.15, 0.2) is 5.75 Å². The van der Waals surface area contributed by atoms with Gasteiger partial charge in [-0.3, -0.25) is 9.52 Å². The van der Waals surface area contributed by atoms with Crippen molar-refractivity contribution in [2.75, 3.05) is 47.5 Å². The van der Waals surface area contributed by atoms with Crippen LogP contribution in [0.5, 0.6) is 11.6 Å². The summed E-state index contributed by atoms with van der Waals surface area (Å²) < 4.78 is 38.1. The van der Waals surface area contributed by atoms with Crippen LogP contribution >= 0.6 is 0 Å². The normalized spacial score (nSPS) is 18.7. The highest BCUT2D eigenvalue weighted by molar-refractivity contribution is 7.92. The fraction of sp³-hybridized carbons (Fsp3) is 0.560. The first kappa shape index (κ1) is 25.5. The molecule has 0 unspecified atom stereocenters. The van der Waals surface area contributed by atoms with E-state index >= 15 is 0 Å². The summed E-state index contributed by atoms with van der Waals surface area (Å²) in [6.07, 6.45) is 9.05. The number of hydrogen-bond donors (Lipinski definition) is 3. The molecule has 3 aliphatic rings. The minimum absolute atomic E-state index is 0.0965. The Hall–Kier alpha value is -3.12. The van der Waals surface area contributed by atoms with E-state index in [1.54, 1.807) is 25.3 Å². The Morgan fingerprint density at radius 3 is 2.57 bits per heavy atom. The van der Waals surface area contributed by atoms with E-state index in [1.807, 2.05) is 0 Å². The molecule has 3 N–H and O–H groups in total. The number of carbonyl (C=O) groups excluding carboxylic acids is 1. The molecule has 2 aromatic rings. The van der Waals surface area contributed by atoms with E-state index in [-0.39, 0.29) is 11.9 Å². The van der Waals surface area contributed by atoms with Gasteiger partial charge in [-0.1, -0.05) is 0 Å². The molecule has 200 valence electrons. The van der Waals surface area contributed by atoms with Crippen LogP contribution in [0.3, 0.4) is 0 Å². The van der Waals surface area contributed by atoms with E-state index in [4.69, 9.17) is 14.6 Å². The second-order valence-corrected chi connectivity index (χ2v) is 11.9. The van der Waals surface area contributed by atoms with Crippen LogP contribution < -0.4 is 24.4 Å². The Morgan fingerprint density at radius 1 is 1.19 bits per heavy atom. The smallest absolute Gasteiger partial charge is 0.260 e. The van der Waals surface area contributed by atoms with Gasteiger partial charge in [-0.15, -0.1) is 0 Å². The first-order valence-electron chi connectivity index (χ1n) is 12.7. The van der Waals surface area contributed by atoms with Gasteiger partial charge in [0.25, 0.3) is 11.8 Å². The molecule has 0 atom stereocenters. The number of nitrogens with zero attached hydrogens (tertiary/aromatic N) is 3. The third-order valence-electron chi connectivity index (χ3n) is 7.49. The number of pyridine rings is 2. The zero-order chi connectivity index (χ0) is 26.0. The zero-order valence-corrected chi connectivity index (χ0v) is 21.7. The SMILES string of the molecule is COc1ccc(NC(=O)c2cnc(NS(=O)(=O)CCO)cc2N2CCC3(CC2)CC3)nc1OC1CCC1. The van der Waals surface area contributed by atoms with E-state index < -0.39 is 28.3 Å². The lowest BCUT2D eigenvalue weighted by atomic mass is 9.93. The number of ether oxygens (including phenoxy) is 2. The highest BCUT2D eigenvalue weighted by atomic mass is 32.2. The first-order chi connectivity index (χ1) is 17.8. The predicted molar refractivity (Wildman–Crippen MR) is 139 cm³/mol. The number of methoxy groups -OCH3 is 1. The standard InChI is InChI=1S/C25H33N5O6S/c1-35-20-5-6-21(28-24(20)36-17-3-2-4-17)27-23(32)18-16-26-22(29-37(33,34)14-13-31)15-19(18)30-11-9-25(7-8-25)10-12-30/h5-6,15-17,31H,2-4,7-14H2,1H3,(H,26,29)(H,27,28,32). The summed E-state index contributed by atoms with van der Waals surface area (Å²) in [4.78, 5) is 24.2. The number of rotatable bonds is 10. The number of anilines is 3. The molecule has 2 aliphatic carbocycles. The molecule has 1 spiro atoms. The molecule has 3 fully saturated rings. The van der Waals surface area contributed by atoms with Crippen LogP contribution in [0.4, 0.5) is 17.3 Å². The van der Waals surface area contributed by atoms with E-state index in [0.29, 0.717) is 34.1 Å². The number of sulfonamides is 1. The van der Waals surface area contributed by atoms with Gasteiger partial charge in [0.2, 0.25) is 10.0 Å². The lowest BCUT2D eigenvalue weighted by molar-refractivity contribution is 0.102. The van der Waals surface area contributed by atoms with Crippen LogP contribution in [-0.2, 0) is 10.0 Å². The summed E-state index contributed by atoms with van der Waals surface area (Å²) in [6, 6.07) is 4.93. The van der Waals surface area contributed by atoms with Crippen LogP contribution in [0.1, 0.15) is 55.3 Å². The molecule has 0 radical (unpaired) electrons. The first-order valence-corrected chi connectivity index (χ1v) is 14.3. The van der Waals surface area contributed by atoms with Crippen molar-refractivity contribution in [2.24, 2.45) is 5.41 Å². The number of hydrogen-bond acceptors (Lipinski definition) is 9. The Kier molecular flexibility index (Phi) is 7.13. The second-order valence-electron chi connectivity index (χ2n) is 10.0. The average Bonchev–Trinajstić information content (AvgIpc) is 3.60. The quantitative estimate of drug-likeness (QED) is 0.422. The van der Waals surface area contributed by atoms with Crippen LogP contribution in [-0.4, -0.2) is 68.1 Å². The fourth-order valence-electron chi connectivity index (χ4n) is 4.73. The van der Waals surface area contributed by atoms with E-state index in [9.17, 15) is 13.2 Å². The summed E-state index contributed by atoms with van der Waals surface area (Å²) in [5.74, 6) is 0.398. The lowest BCUT2D eigenvalue weighted by Crippen LogP contribution is -2.36. The van der Waals surface area contributed by atoms with Crippen molar-refractivity contribution in [1.29, 1.82) is 0 Å². The molecule has 12 heteroatoms. The lowest BCUT2D eigenvalue weighted by Gasteiger charge is -2.35. The molecule has 11 nitrogen and oxygen atoms in total. The number of amides is 1. The number of aromatic nitrogens is 2. The Labute approximate surface area is 216 Å². The molecule has 5 rings (SSSR count). The Balaban J connectivity index is 1.39. The van der Waals surface area contributed by atoms with Gasteiger partial charge < -0.3 is 24.8 Å². The molecule has 1 amide bonds. The van der Waals surface area contributed by atoms with Crippen LogP contribution in [0.15, 0.2) is 24.4 Å². The van der Waals surface area contributed by atoms with Crippen LogP contribution in [0.25, 0.3) is 0 Å². The van der Waals surface area contributed by atoms with Gasteiger partial charge in [-0.25, -0.2) is 13.4 Å². The maximum atomic E-state index is 13.4. The van der Waals surface area contributed by atoms with Crippen molar-refractivity contribution in [1.82, 2.24) is 9.97 Å². The summed E-state index contributed by atoms with van der Waals surface area (Å²) >= 11 is 0. The molecular formula is C25H33N5O6S. The topological polar surface area (TPSA) is 143 Å². The van der Waals surface area contributed by atoms with Crippen molar-refractivity contribution in [3.05, 3.63) is 30.0 Å². The number of piperidine rings is 1. The monoisotopic (exact) mass is 531 g/mol. The van der Waals surface area contributed by atoms with Crippen LogP contribution in [0.2, 0.25) is 0 Å². The number of carbonyl (C=O) groups is 1. The molecule has 1 aliphatic heterocycles. The number of aliphatic hydroxyl groups is 1. The molecule has 0 aromatic carbocycles. The van der Waals surface area contributed by atoms with Crippen molar-refractivity contribution < 1.29 is 27.8 Å². The van der Waals surface area contributed by atoms with Gasteiger partial charge in [0, 0.05) is 25.4 Å². The minimum Gasteiger partial charge on any atom is -0.491 e. The summed E-state index contributed by atoms with van der Waals surface area (Å²) in [7, 11) is -2.22. The molecule has 0 bridgehead atoms. The van der Waals surface area contributed by atoms with Gasteiger partial charge >= 0.3 is 0 Å². The molecule has 2 aromatic heterocycles. The van der Waals surface area contributed by atoms with Crippen molar-refractivity contribution in [3.63, 3.8) is 0 Å². The zero-order valence-electron chi connectivity index (χ0n) is 20.9. The maximum absolute atomic E-state index is 13.4. The van der Waals surface area contributed by atoms with E-state index in [0.717, 1.165) is 45.2 Å². The minimum atomic E-state index is -3.76. The Morgan fingerprint density at radius 2 is 1.95 bits per heavy atom. The van der Waals surface area contributed by atoms with Gasteiger partial charge in [-0.2, -0.15) is 4.98 Å². The largest absolute Gasteiger partial charge is 0.491 e. The van der Waals surface area contributed by atoms with E-state index in [1.165, 1.54) is 19.0 Å².